The van der Waals surface area contributed by atoms with Gasteiger partial charge in [-0.25, -0.2) is 4.79 Å². The van der Waals surface area contributed by atoms with E-state index in [9.17, 15) is 9.59 Å². The molecule has 2 heterocycles. The van der Waals surface area contributed by atoms with Gasteiger partial charge >= 0.3 is 5.97 Å². The average molecular weight is 292 g/mol. The molecule has 1 aliphatic rings. The molecule has 1 fully saturated rings. The quantitative estimate of drug-likeness (QED) is 0.809. The first-order valence-corrected chi connectivity index (χ1v) is 7.47. The predicted molar refractivity (Wildman–Crippen MR) is 78.7 cm³/mol. The summed E-state index contributed by atoms with van der Waals surface area (Å²) in [6, 6.07) is 3.27. The molecule has 6 heteroatoms. The normalized spacial score (nSPS) is 18.3. The van der Waals surface area contributed by atoms with Gasteiger partial charge in [-0.15, -0.1) is 0 Å². The van der Waals surface area contributed by atoms with Crippen molar-refractivity contribution in [3.8, 4) is 0 Å². The van der Waals surface area contributed by atoms with Crippen molar-refractivity contribution >= 4 is 29.7 Å². The Morgan fingerprint density at radius 1 is 1.50 bits per heavy atom. The highest BCUT2D eigenvalue weighted by Gasteiger charge is 2.16. The first-order valence-electron chi connectivity index (χ1n) is 6.42. The number of nitrogens with one attached hydrogen (secondary N) is 1. The number of amides is 1. The number of carboxylic acids is 1. The van der Waals surface area contributed by atoms with E-state index in [-0.39, 0.29) is 5.91 Å². The number of thioether (sulfide) groups is 1. The molecule has 1 aromatic rings. The maximum Gasteiger partial charge on any atom is 0.328 e. The van der Waals surface area contributed by atoms with Crippen molar-refractivity contribution < 1.29 is 14.7 Å². The van der Waals surface area contributed by atoms with E-state index in [1.165, 1.54) is 24.4 Å². The fourth-order valence-electron chi connectivity index (χ4n) is 1.91. The van der Waals surface area contributed by atoms with Crippen LogP contribution in [0.15, 0.2) is 24.4 Å². The smallest absolute Gasteiger partial charge is 0.328 e. The van der Waals surface area contributed by atoms with Crippen LogP contribution in [0.25, 0.3) is 6.08 Å². The third-order valence-corrected chi connectivity index (χ3v) is 4.35. The molecule has 0 aliphatic carbocycles. The van der Waals surface area contributed by atoms with Gasteiger partial charge < -0.3 is 10.4 Å². The summed E-state index contributed by atoms with van der Waals surface area (Å²) in [5.74, 6) is -0.0317. The van der Waals surface area contributed by atoms with E-state index in [0.29, 0.717) is 23.1 Å². The van der Waals surface area contributed by atoms with E-state index in [4.69, 9.17) is 5.11 Å². The van der Waals surface area contributed by atoms with Crippen LogP contribution < -0.4 is 5.32 Å². The van der Waals surface area contributed by atoms with Gasteiger partial charge in [0.05, 0.1) is 0 Å². The molecule has 20 heavy (non-hydrogen) atoms. The van der Waals surface area contributed by atoms with Crippen LogP contribution in [0.2, 0.25) is 0 Å². The SMILES string of the molecule is O=C(O)/C=C/c1ccc(C(=O)NCC2CCCS2)nc1. The first kappa shape index (κ1) is 14.6. The van der Waals surface area contributed by atoms with Gasteiger partial charge in [-0.05, 0) is 36.3 Å². The molecule has 1 amide bonds. The Hall–Kier alpha value is -1.82. The number of carboxylic acid groups (broad SMARTS) is 1. The molecule has 0 radical (unpaired) electrons. The zero-order chi connectivity index (χ0) is 14.4. The van der Waals surface area contributed by atoms with E-state index in [2.05, 4.69) is 10.3 Å². The van der Waals surface area contributed by atoms with Crippen molar-refractivity contribution in [2.45, 2.75) is 18.1 Å². The van der Waals surface area contributed by atoms with Gasteiger partial charge in [0.2, 0.25) is 0 Å². The second-order valence-corrected chi connectivity index (χ2v) is 5.90. The number of hydrogen-bond acceptors (Lipinski definition) is 4. The van der Waals surface area contributed by atoms with Gasteiger partial charge in [0.1, 0.15) is 5.69 Å². The molecule has 5 nitrogen and oxygen atoms in total. The number of carbonyl (C=O) groups is 2. The molecule has 0 aromatic carbocycles. The molecule has 1 aromatic heterocycles. The van der Waals surface area contributed by atoms with Crippen LogP contribution in [0.4, 0.5) is 0 Å². The topological polar surface area (TPSA) is 79.3 Å². The van der Waals surface area contributed by atoms with Crippen molar-refractivity contribution in [2.75, 3.05) is 12.3 Å². The van der Waals surface area contributed by atoms with Crippen molar-refractivity contribution in [1.29, 1.82) is 0 Å². The summed E-state index contributed by atoms with van der Waals surface area (Å²) in [7, 11) is 0. The van der Waals surface area contributed by atoms with Crippen molar-refractivity contribution in [2.24, 2.45) is 0 Å². The van der Waals surface area contributed by atoms with E-state index in [0.717, 1.165) is 12.5 Å². The van der Waals surface area contributed by atoms with E-state index in [1.54, 1.807) is 12.1 Å². The van der Waals surface area contributed by atoms with Crippen LogP contribution >= 0.6 is 11.8 Å². The lowest BCUT2D eigenvalue weighted by Crippen LogP contribution is -2.30. The number of aliphatic carboxylic acids is 1. The molecule has 2 N–H and O–H groups in total. The second kappa shape index (κ2) is 7.09. The lowest BCUT2D eigenvalue weighted by atomic mass is 10.2. The lowest BCUT2D eigenvalue weighted by Gasteiger charge is -2.09. The summed E-state index contributed by atoms with van der Waals surface area (Å²) in [6.07, 6.45) is 6.32. The summed E-state index contributed by atoms with van der Waals surface area (Å²) in [4.78, 5) is 26.3. The molecular weight excluding hydrogens is 276 g/mol. The highest BCUT2D eigenvalue weighted by atomic mass is 32.2. The molecule has 0 spiro atoms. The van der Waals surface area contributed by atoms with Gasteiger partial charge in [-0.3, -0.25) is 9.78 Å². The van der Waals surface area contributed by atoms with Crippen LogP contribution in [-0.2, 0) is 4.79 Å². The number of pyridine rings is 1. The molecule has 0 bridgehead atoms. The second-order valence-electron chi connectivity index (χ2n) is 4.49. The molecule has 1 unspecified atom stereocenters. The fraction of sp³-hybridized carbons (Fsp3) is 0.357. The predicted octanol–water partition coefficient (Wildman–Crippen LogP) is 1.80. The third kappa shape index (κ3) is 4.38. The molecule has 1 saturated heterocycles. The third-order valence-electron chi connectivity index (χ3n) is 2.95. The molecule has 1 aliphatic heterocycles. The van der Waals surface area contributed by atoms with E-state index in [1.807, 2.05) is 11.8 Å². The lowest BCUT2D eigenvalue weighted by molar-refractivity contribution is -0.131. The largest absolute Gasteiger partial charge is 0.478 e. The first-order chi connectivity index (χ1) is 9.65. The Bertz CT molecular complexity index is 508. The Morgan fingerprint density at radius 3 is 2.95 bits per heavy atom. The molecule has 2 rings (SSSR count). The minimum atomic E-state index is -1.01. The molecule has 106 valence electrons. The average Bonchev–Trinajstić information content (AvgIpc) is 2.96. The highest BCUT2D eigenvalue weighted by molar-refractivity contribution is 8.00. The van der Waals surface area contributed by atoms with Crippen molar-refractivity contribution in [3.05, 3.63) is 35.7 Å². The highest BCUT2D eigenvalue weighted by Crippen LogP contribution is 2.25. The Labute approximate surface area is 121 Å². The zero-order valence-corrected chi connectivity index (χ0v) is 11.7. The number of hydrogen-bond donors (Lipinski definition) is 2. The Morgan fingerprint density at radius 2 is 2.35 bits per heavy atom. The van der Waals surface area contributed by atoms with Crippen LogP contribution in [0.1, 0.15) is 28.9 Å². The number of carbonyl (C=O) groups excluding carboxylic acids is 1. The summed E-state index contributed by atoms with van der Waals surface area (Å²) in [5, 5.41) is 11.9. The fourth-order valence-corrected chi connectivity index (χ4v) is 3.11. The summed E-state index contributed by atoms with van der Waals surface area (Å²) in [5.41, 5.74) is 0.996. The zero-order valence-electron chi connectivity index (χ0n) is 10.9. The van der Waals surface area contributed by atoms with Gasteiger partial charge in [-0.1, -0.05) is 6.07 Å². The van der Waals surface area contributed by atoms with Crippen LogP contribution in [0.3, 0.4) is 0 Å². The van der Waals surface area contributed by atoms with Gasteiger partial charge in [0.25, 0.3) is 5.91 Å². The van der Waals surface area contributed by atoms with Crippen LogP contribution in [0, 0.1) is 0 Å². The summed E-state index contributed by atoms with van der Waals surface area (Å²) in [6.45, 7) is 0.672. The Kier molecular flexibility index (Phi) is 5.17. The molecular formula is C14H16N2O3S. The maximum atomic E-state index is 11.9. The monoisotopic (exact) mass is 292 g/mol. The minimum absolute atomic E-state index is 0.189. The summed E-state index contributed by atoms with van der Waals surface area (Å²) < 4.78 is 0. The van der Waals surface area contributed by atoms with Gasteiger partial charge in [0.15, 0.2) is 0 Å². The van der Waals surface area contributed by atoms with Crippen LogP contribution in [0.5, 0.6) is 0 Å². The van der Waals surface area contributed by atoms with Crippen LogP contribution in [-0.4, -0.2) is 39.5 Å². The minimum Gasteiger partial charge on any atom is -0.478 e. The Balaban J connectivity index is 1.88. The van der Waals surface area contributed by atoms with E-state index >= 15 is 0 Å². The summed E-state index contributed by atoms with van der Waals surface area (Å²) >= 11 is 1.89. The van der Waals surface area contributed by atoms with Gasteiger partial charge in [-0.2, -0.15) is 11.8 Å². The van der Waals surface area contributed by atoms with Crippen molar-refractivity contribution in [3.63, 3.8) is 0 Å². The number of rotatable bonds is 5. The number of aromatic nitrogens is 1. The molecule has 1 atom stereocenters. The standard InChI is InChI=1S/C14H16N2O3S/c17-13(18)6-4-10-3-5-12(15-8-10)14(19)16-9-11-2-1-7-20-11/h3-6,8,11H,1-2,7,9H2,(H,16,19)(H,17,18)/b6-4+. The van der Waals surface area contributed by atoms with Crippen molar-refractivity contribution in [1.82, 2.24) is 10.3 Å². The van der Waals surface area contributed by atoms with Gasteiger partial charge in [0, 0.05) is 24.1 Å². The van der Waals surface area contributed by atoms with E-state index < -0.39 is 5.97 Å². The molecule has 0 saturated carbocycles. The maximum absolute atomic E-state index is 11.9. The number of nitrogens with zero attached hydrogens (tertiary/aromatic N) is 1.